The van der Waals surface area contributed by atoms with Gasteiger partial charge in [-0.2, -0.15) is 13.2 Å². The quantitative estimate of drug-likeness (QED) is 0.181. The Bertz CT molecular complexity index is 1960. The summed E-state index contributed by atoms with van der Waals surface area (Å²) in [6, 6.07) is 16.6. The number of thioether (sulfide) groups is 1. The van der Waals surface area contributed by atoms with Gasteiger partial charge in [-0.05, 0) is 67.1 Å². The van der Waals surface area contributed by atoms with Crippen molar-refractivity contribution in [2.24, 2.45) is 5.92 Å². The van der Waals surface area contributed by atoms with E-state index >= 15 is 0 Å². The van der Waals surface area contributed by atoms with Gasteiger partial charge in [0.1, 0.15) is 11.8 Å². The van der Waals surface area contributed by atoms with E-state index in [4.69, 9.17) is 16.3 Å². The van der Waals surface area contributed by atoms with Gasteiger partial charge in [0.2, 0.25) is 17.7 Å². The van der Waals surface area contributed by atoms with Gasteiger partial charge in [0.15, 0.2) is 0 Å². The number of hydrogen-bond donors (Lipinski definition) is 1. The first-order valence-corrected chi connectivity index (χ1v) is 16.2. The van der Waals surface area contributed by atoms with Crippen LogP contribution >= 0.6 is 34.7 Å². The number of thiazole rings is 1. The lowest BCUT2D eigenvalue weighted by molar-refractivity contribution is -0.137. The standard InChI is InChI=1S/C32H23ClF3N3O6S2/c1-2-45-30(43)17-8-12-21(13-9-17)39-27(41)24-23(16-6-10-19(33)11-7-16)26-29(46-25(24)28(39)42)38(31(44)47-26)15-22(40)37-20-5-3-4-18(14-20)32(34,35)36/h3-14,23-25H,2,15H2,1H3,(H,37,40)/t23-,24?,25?/m0/s1. The zero-order valence-electron chi connectivity index (χ0n) is 24.2. The average molecular weight is 702 g/mol. The second-order valence-corrected chi connectivity index (χ2v) is 13.2. The molecule has 47 heavy (non-hydrogen) atoms. The van der Waals surface area contributed by atoms with Gasteiger partial charge in [-0.3, -0.25) is 23.7 Å². The van der Waals surface area contributed by atoms with Gasteiger partial charge < -0.3 is 10.1 Å². The van der Waals surface area contributed by atoms with Crippen molar-refractivity contribution in [2.45, 2.75) is 35.8 Å². The third-order valence-corrected chi connectivity index (χ3v) is 10.5. The molecule has 3 heterocycles. The molecule has 1 N–H and O–H groups in total. The van der Waals surface area contributed by atoms with Gasteiger partial charge in [0.25, 0.3) is 0 Å². The molecule has 2 aliphatic rings. The summed E-state index contributed by atoms with van der Waals surface area (Å²) in [6.07, 6.45) is -4.62. The maximum absolute atomic E-state index is 14.1. The molecule has 4 aromatic rings. The lowest BCUT2D eigenvalue weighted by atomic mass is 9.83. The number of carbonyl (C=O) groups is 4. The first kappa shape index (κ1) is 32.5. The number of aromatic nitrogens is 1. The molecule has 0 saturated carbocycles. The minimum atomic E-state index is -4.62. The SMILES string of the molecule is CCOC(=O)c1ccc(N2C(=O)C3Sc4c(sc(=O)n4CC(=O)Nc4cccc(C(F)(F)F)c4)[C@@H](c4ccc(Cl)cc4)C3C2=O)cc1. The van der Waals surface area contributed by atoms with Crippen LogP contribution in [0.4, 0.5) is 24.5 Å². The fourth-order valence-electron chi connectivity index (χ4n) is 5.62. The number of rotatable bonds is 7. The summed E-state index contributed by atoms with van der Waals surface area (Å²) in [7, 11) is 0. The van der Waals surface area contributed by atoms with Crippen LogP contribution in [0, 0.1) is 5.92 Å². The van der Waals surface area contributed by atoms with E-state index in [0.717, 1.165) is 46.2 Å². The molecule has 3 amide bonds. The van der Waals surface area contributed by atoms with Gasteiger partial charge in [0, 0.05) is 21.5 Å². The van der Waals surface area contributed by atoms with E-state index in [-0.39, 0.29) is 23.5 Å². The Morgan fingerprint density at radius 2 is 1.68 bits per heavy atom. The Labute approximate surface area is 278 Å². The number of esters is 1. The number of carbonyl (C=O) groups excluding carboxylic acids is 4. The van der Waals surface area contributed by atoms with Gasteiger partial charge >= 0.3 is 17.0 Å². The Hall–Kier alpha value is -4.40. The van der Waals surface area contributed by atoms with Crippen LogP contribution in [-0.4, -0.2) is 40.1 Å². The number of nitrogens with zero attached hydrogens (tertiary/aromatic N) is 2. The van der Waals surface area contributed by atoms with Crippen LogP contribution in [0.1, 0.15) is 39.2 Å². The molecule has 0 radical (unpaired) electrons. The van der Waals surface area contributed by atoms with Crippen molar-refractivity contribution in [2.75, 3.05) is 16.8 Å². The second kappa shape index (κ2) is 12.7. The molecule has 2 unspecified atom stereocenters. The Morgan fingerprint density at radius 3 is 2.34 bits per heavy atom. The summed E-state index contributed by atoms with van der Waals surface area (Å²) in [5.74, 6) is -4.02. The summed E-state index contributed by atoms with van der Waals surface area (Å²) in [4.78, 5) is 67.5. The monoisotopic (exact) mass is 701 g/mol. The highest BCUT2D eigenvalue weighted by Crippen LogP contribution is 2.54. The molecule has 0 aliphatic carbocycles. The van der Waals surface area contributed by atoms with Gasteiger partial charge in [-0.25, -0.2) is 9.69 Å². The van der Waals surface area contributed by atoms with Crippen LogP contribution < -0.4 is 15.1 Å². The largest absolute Gasteiger partial charge is 0.462 e. The molecule has 0 spiro atoms. The van der Waals surface area contributed by atoms with E-state index in [2.05, 4.69) is 5.32 Å². The number of imide groups is 1. The highest BCUT2D eigenvalue weighted by molar-refractivity contribution is 8.00. The summed E-state index contributed by atoms with van der Waals surface area (Å²) in [5.41, 5.74) is 0.0647. The molecule has 1 aromatic heterocycles. The molecular formula is C32H23ClF3N3O6S2. The van der Waals surface area contributed by atoms with Crippen molar-refractivity contribution in [3.05, 3.63) is 109 Å². The van der Waals surface area contributed by atoms with Crippen LogP contribution in [0.15, 0.2) is 82.6 Å². The average Bonchev–Trinajstić information content (AvgIpc) is 3.47. The van der Waals surface area contributed by atoms with Crippen molar-refractivity contribution < 1.29 is 37.1 Å². The minimum absolute atomic E-state index is 0.102. The summed E-state index contributed by atoms with van der Waals surface area (Å²) in [5, 5.41) is 2.17. The first-order chi connectivity index (χ1) is 22.4. The van der Waals surface area contributed by atoms with Crippen molar-refractivity contribution in [1.29, 1.82) is 0 Å². The topological polar surface area (TPSA) is 115 Å². The molecule has 0 bridgehead atoms. The van der Waals surface area contributed by atoms with E-state index < -0.39 is 63.9 Å². The minimum Gasteiger partial charge on any atom is -0.462 e. The van der Waals surface area contributed by atoms with E-state index in [1.54, 1.807) is 31.2 Å². The molecule has 15 heteroatoms. The van der Waals surface area contributed by atoms with Crippen LogP contribution in [0.3, 0.4) is 0 Å². The fourth-order valence-corrected chi connectivity index (χ4v) is 8.52. The van der Waals surface area contributed by atoms with Crippen LogP contribution in [-0.2, 0) is 31.8 Å². The van der Waals surface area contributed by atoms with Gasteiger partial charge in [-0.1, -0.05) is 52.9 Å². The molecule has 1 fully saturated rings. The lowest BCUT2D eigenvalue weighted by Crippen LogP contribution is -2.33. The molecule has 3 aromatic carbocycles. The smallest absolute Gasteiger partial charge is 0.416 e. The Morgan fingerprint density at radius 1 is 0.979 bits per heavy atom. The molecule has 6 rings (SSSR count). The highest BCUT2D eigenvalue weighted by atomic mass is 35.5. The van der Waals surface area contributed by atoms with E-state index in [1.807, 2.05) is 0 Å². The summed E-state index contributed by atoms with van der Waals surface area (Å²) in [6.45, 7) is 1.31. The number of alkyl halides is 3. The third kappa shape index (κ3) is 6.20. The zero-order valence-corrected chi connectivity index (χ0v) is 26.6. The highest BCUT2D eigenvalue weighted by Gasteiger charge is 2.56. The number of nitrogens with one attached hydrogen (secondary N) is 1. The number of hydrogen-bond acceptors (Lipinski definition) is 8. The van der Waals surface area contributed by atoms with E-state index in [9.17, 15) is 37.1 Å². The fraction of sp³-hybridized carbons (Fsp3) is 0.219. The maximum Gasteiger partial charge on any atom is 0.416 e. The van der Waals surface area contributed by atoms with Gasteiger partial charge in [-0.15, -0.1) is 0 Å². The molecule has 3 atom stereocenters. The van der Waals surface area contributed by atoms with Crippen LogP contribution in [0.5, 0.6) is 0 Å². The number of anilines is 2. The summed E-state index contributed by atoms with van der Waals surface area (Å²) < 4.78 is 45.8. The second-order valence-electron chi connectivity index (χ2n) is 10.6. The normalized spacial score (nSPS) is 18.9. The van der Waals surface area contributed by atoms with Crippen LogP contribution in [0.2, 0.25) is 5.02 Å². The third-order valence-electron chi connectivity index (χ3n) is 7.69. The molecular weight excluding hydrogens is 679 g/mol. The number of fused-ring (bicyclic) bond motifs is 2. The number of benzene rings is 3. The number of halogens is 4. The van der Waals surface area contributed by atoms with Gasteiger partial charge in [0.05, 0.1) is 34.4 Å². The Kier molecular flexibility index (Phi) is 8.76. The van der Waals surface area contributed by atoms with Crippen molar-refractivity contribution in [3.8, 4) is 0 Å². The van der Waals surface area contributed by atoms with Crippen LogP contribution in [0.25, 0.3) is 0 Å². The van der Waals surface area contributed by atoms with E-state index in [0.29, 0.717) is 20.5 Å². The Balaban J connectivity index is 1.35. The number of amides is 3. The van der Waals surface area contributed by atoms with Crippen molar-refractivity contribution in [3.63, 3.8) is 0 Å². The number of ether oxygens (including phenoxy) is 1. The molecule has 2 aliphatic heterocycles. The lowest BCUT2D eigenvalue weighted by Gasteiger charge is -2.30. The first-order valence-electron chi connectivity index (χ1n) is 14.1. The molecule has 9 nitrogen and oxygen atoms in total. The molecule has 1 saturated heterocycles. The predicted octanol–water partition coefficient (Wildman–Crippen LogP) is 6.19. The predicted molar refractivity (Wildman–Crippen MR) is 170 cm³/mol. The van der Waals surface area contributed by atoms with Crippen molar-refractivity contribution in [1.82, 2.24) is 4.57 Å². The maximum atomic E-state index is 14.1. The van der Waals surface area contributed by atoms with E-state index in [1.165, 1.54) is 34.9 Å². The summed E-state index contributed by atoms with van der Waals surface area (Å²) >= 11 is 7.95. The molecule has 242 valence electrons. The van der Waals surface area contributed by atoms with Crippen molar-refractivity contribution >= 4 is 69.8 Å². The zero-order chi connectivity index (χ0) is 33.6.